The first kappa shape index (κ1) is 44.5. The zero-order valence-electron chi connectivity index (χ0n) is 34.2. The molecule has 1 aliphatic rings. The van der Waals surface area contributed by atoms with E-state index in [-0.39, 0.29) is 26.4 Å². The molecule has 7 rings (SSSR count). The molecule has 1 saturated heterocycles. The second kappa shape index (κ2) is 23.1. The number of hydrogen-bond acceptors (Lipinski definition) is 8. The molecule has 10 heteroatoms. The highest BCUT2D eigenvalue weighted by Gasteiger charge is 2.50. The summed E-state index contributed by atoms with van der Waals surface area (Å²) in [5.41, 5.74) is 6.62. The van der Waals surface area contributed by atoms with Crippen LogP contribution in [0.15, 0.2) is 156 Å². The van der Waals surface area contributed by atoms with Gasteiger partial charge < -0.3 is 38.3 Å². The van der Waals surface area contributed by atoms with Crippen LogP contribution in [0.3, 0.4) is 0 Å². The Balaban J connectivity index is 1.33. The molecule has 0 bridgehead atoms. The molecule has 1 heterocycles. The number of rotatable bonds is 21. The van der Waals surface area contributed by atoms with Crippen molar-refractivity contribution in [2.45, 2.75) is 70.3 Å². The summed E-state index contributed by atoms with van der Waals surface area (Å²) in [6, 6.07) is 50.3. The quantitative estimate of drug-likeness (QED) is 0.0765. The molecule has 1 fully saturated rings. The summed E-state index contributed by atoms with van der Waals surface area (Å²) < 4.78 is 47.3. The summed E-state index contributed by atoms with van der Waals surface area (Å²) in [7, 11) is 0. The van der Waals surface area contributed by atoms with Crippen LogP contribution in [0, 0.1) is 0 Å². The van der Waals surface area contributed by atoms with E-state index in [1.165, 1.54) is 0 Å². The molecule has 0 radical (unpaired) electrons. The molecule has 0 aromatic heterocycles. The lowest BCUT2D eigenvalue weighted by atomic mass is 9.88. The Bertz CT molecular complexity index is 2200. The number of ether oxygens (including phenoxy) is 7. The van der Waals surface area contributed by atoms with Crippen molar-refractivity contribution in [3.63, 3.8) is 0 Å². The molecule has 0 saturated carbocycles. The minimum absolute atomic E-state index is 0.0305. The second-order valence-corrected chi connectivity index (χ2v) is 16.0. The van der Waals surface area contributed by atoms with E-state index in [4.69, 9.17) is 44.8 Å². The minimum atomic E-state index is -0.771. The maximum atomic E-state index is 10.0. The predicted molar refractivity (Wildman–Crippen MR) is 241 cm³/mol. The van der Waals surface area contributed by atoms with Gasteiger partial charge in [-0.25, -0.2) is 0 Å². The number of aliphatic hydroxyl groups excluding tert-OH is 1. The average Bonchev–Trinajstić information content (AvgIpc) is 3.30. The van der Waals surface area contributed by atoms with E-state index >= 15 is 0 Å². The summed E-state index contributed by atoms with van der Waals surface area (Å²) in [6.45, 7) is 3.84. The van der Waals surface area contributed by atoms with Gasteiger partial charge in [-0.15, -0.1) is 0 Å². The van der Waals surface area contributed by atoms with Crippen LogP contribution < -0.4 is 9.47 Å². The molecule has 0 unspecified atom stereocenters. The van der Waals surface area contributed by atoms with Crippen LogP contribution in [0.1, 0.15) is 52.0 Å². The van der Waals surface area contributed by atoms with Crippen LogP contribution in [-0.2, 0) is 56.5 Å². The lowest BCUT2D eigenvalue weighted by Gasteiger charge is -2.47. The van der Waals surface area contributed by atoms with Crippen LogP contribution in [0.25, 0.3) is 0 Å². The monoisotopic (exact) mass is 906 g/mol. The molecule has 8 nitrogen and oxygen atoms in total. The first-order chi connectivity index (χ1) is 30.0. The molecule has 318 valence electrons. The second-order valence-electron chi connectivity index (χ2n) is 14.8. The number of benzene rings is 6. The Kier molecular flexibility index (Phi) is 16.8. The third-order valence-electron chi connectivity index (χ3n) is 10.4. The zero-order chi connectivity index (χ0) is 42.2. The standard InChI is InChI=1S/C51H52BrClO8/c1-2-56-42-25-23-36(24-26-42)29-41-30-43(47(57-28-27-54)45(52)46(41)53)48-50(59-33-39-19-11-5-12-20-39)51(60-34-40-21-13-6-14-22-40)49(58-32-38-17-9-4-10-18-38)44(61-48)35-55-31-37-15-7-3-8-16-37/h3-26,30,44,48-51,54H,2,27-29,31-35H2,1H3/t44-,48+,49-,50+,51+/m1/s1. The van der Waals surface area contributed by atoms with E-state index in [1.54, 1.807) is 0 Å². The molecule has 6 aromatic rings. The lowest BCUT2D eigenvalue weighted by molar-refractivity contribution is -0.275. The number of hydrogen-bond donors (Lipinski definition) is 1. The molecule has 0 aliphatic carbocycles. The molecule has 6 aromatic carbocycles. The van der Waals surface area contributed by atoms with E-state index in [0.717, 1.165) is 39.1 Å². The van der Waals surface area contributed by atoms with Gasteiger partial charge in [0.05, 0.1) is 55.7 Å². The summed E-state index contributed by atoms with van der Waals surface area (Å²) in [4.78, 5) is 0. The first-order valence-electron chi connectivity index (χ1n) is 20.7. The van der Waals surface area contributed by atoms with Crippen LogP contribution in [0.4, 0.5) is 0 Å². The van der Waals surface area contributed by atoms with Gasteiger partial charge in [0.1, 0.15) is 48.6 Å². The molecule has 0 spiro atoms. The molecule has 1 N–H and O–H groups in total. The fourth-order valence-electron chi connectivity index (χ4n) is 7.45. The van der Waals surface area contributed by atoms with Crippen LogP contribution >= 0.6 is 27.5 Å². The smallest absolute Gasteiger partial charge is 0.141 e. The fourth-order valence-corrected chi connectivity index (χ4v) is 8.25. The summed E-state index contributed by atoms with van der Waals surface area (Å²) >= 11 is 11.0. The Morgan fingerprint density at radius 2 is 1.11 bits per heavy atom. The van der Waals surface area contributed by atoms with Gasteiger partial charge in [-0.1, -0.05) is 145 Å². The van der Waals surface area contributed by atoms with Gasteiger partial charge in [0, 0.05) is 5.56 Å². The number of halogens is 2. The van der Waals surface area contributed by atoms with E-state index in [9.17, 15) is 5.11 Å². The molecule has 1 aliphatic heterocycles. The van der Waals surface area contributed by atoms with Crippen LogP contribution in [0.2, 0.25) is 5.02 Å². The molecule has 5 atom stereocenters. The van der Waals surface area contributed by atoms with E-state index in [0.29, 0.717) is 53.7 Å². The summed E-state index contributed by atoms with van der Waals surface area (Å²) in [5, 5.41) is 10.5. The molecular weight excluding hydrogens is 856 g/mol. The Morgan fingerprint density at radius 3 is 1.64 bits per heavy atom. The maximum Gasteiger partial charge on any atom is 0.141 e. The Hall–Kier alpha value is -4.55. The van der Waals surface area contributed by atoms with Crippen molar-refractivity contribution in [1.82, 2.24) is 0 Å². The number of aliphatic hydroxyl groups is 1. The van der Waals surface area contributed by atoms with E-state index in [1.807, 2.05) is 159 Å². The third kappa shape index (κ3) is 12.3. The lowest BCUT2D eigenvalue weighted by Crippen LogP contribution is -2.58. The van der Waals surface area contributed by atoms with Crippen molar-refractivity contribution in [3.8, 4) is 11.5 Å². The van der Waals surface area contributed by atoms with Crippen molar-refractivity contribution in [2.24, 2.45) is 0 Å². The summed E-state index contributed by atoms with van der Waals surface area (Å²) in [5.74, 6) is 1.24. The topological polar surface area (TPSA) is 84.8 Å². The predicted octanol–water partition coefficient (Wildman–Crippen LogP) is 10.9. The van der Waals surface area contributed by atoms with Crippen molar-refractivity contribution in [1.29, 1.82) is 0 Å². The normalized spacial score (nSPS) is 18.8. The molecule has 61 heavy (non-hydrogen) atoms. The highest BCUT2D eigenvalue weighted by Crippen LogP contribution is 2.47. The van der Waals surface area contributed by atoms with Crippen molar-refractivity contribution < 1.29 is 38.3 Å². The van der Waals surface area contributed by atoms with E-state index < -0.39 is 30.5 Å². The Morgan fingerprint density at radius 1 is 0.607 bits per heavy atom. The minimum Gasteiger partial charge on any atom is -0.494 e. The van der Waals surface area contributed by atoms with Crippen LogP contribution in [-0.4, -0.2) is 55.9 Å². The Labute approximate surface area is 372 Å². The van der Waals surface area contributed by atoms with Crippen molar-refractivity contribution >= 4 is 27.5 Å². The van der Waals surface area contributed by atoms with Gasteiger partial charge in [-0.05, 0) is 80.9 Å². The fraction of sp³-hybridized carbons (Fsp3) is 0.294. The van der Waals surface area contributed by atoms with E-state index in [2.05, 4.69) is 15.9 Å². The van der Waals surface area contributed by atoms with Gasteiger partial charge in [0.2, 0.25) is 0 Å². The van der Waals surface area contributed by atoms with Crippen molar-refractivity contribution in [2.75, 3.05) is 26.4 Å². The van der Waals surface area contributed by atoms with Gasteiger partial charge in [0.25, 0.3) is 0 Å². The SMILES string of the molecule is CCOc1ccc(Cc2cc([C@@H]3O[C@H](COCc4ccccc4)[C@@H](OCc4ccccc4)[C@H](OCc4ccccc4)[C@H]3OCc3ccccc3)c(OCCO)c(Br)c2Cl)cc1. The first-order valence-corrected chi connectivity index (χ1v) is 21.9. The highest BCUT2D eigenvalue weighted by molar-refractivity contribution is 9.10. The third-order valence-corrected chi connectivity index (χ3v) is 11.8. The van der Waals surface area contributed by atoms with Crippen molar-refractivity contribution in [3.05, 3.63) is 200 Å². The van der Waals surface area contributed by atoms with Gasteiger partial charge >= 0.3 is 0 Å². The maximum absolute atomic E-state index is 10.0. The molecular formula is C51H52BrClO8. The summed E-state index contributed by atoms with van der Waals surface area (Å²) in [6.07, 6.45) is -2.89. The van der Waals surface area contributed by atoms with Crippen LogP contribution in [0.5, 0.6) is 11.5 Å². The van der Waals surface area contributed by atoms with Gasteiger partial charge in [0.15, 0.2) is 0 Å². The highest BCUT2D eigenvalue weighted by atomic mass is 79.9. The zero-order valence-corrected chi connectivity index (χ0v) is 36.6. The average molecular weight is 908 g/mol. The van der Waals surface area contributed by atoms with Gasteiger partial charge in [-0.2, -0.15) is 0 Å². The largest absolute Gasteiger partial charge is 0.494 e. The van der Waals surface area contributed by atoms with Gasteiger partial charge in [-0.3, -0.25) is 0 Å². The molecule has 0 amide bonds.